The molecule has 0 aliphatic carbocycles. The van der Waals surface area contributed by atoms with Crippen LogP contribution in [0.2, 0.25) is 0 Å². The topological polar surface area (TPSA) is 54.9 Å². The Morgan fingerprint density at radius 3 is 2.74 bits per heavy atom. The van der Waals surface area contributed by atoms with Crippen molar-refractivity contribution in [2.45, 2.75) is 27.0 Å². The van der Waals surface area contributed by atoms with E-state index >= 15 is 0 Å². The highest BCUT2D eigenvalue weighted by atomic mass is 32.1. The molecule has 8 heteroatoms. The molecule has 34 heavy (non-hydrogen) atoms. The number of thiazole rings is 1. The molecule has 0 saturated carbocycles. The first-order chi connectivity index (χ1) is 16.5. The van der Waals surface area contributed by atoms with Crippen LogP contribution in [0.3, 0.4) is 0 Å². The first kappa shape index (κ1) is 24.3. The number of hydrogen-bond acceptors (Lipinski definition) is 6. The third kappa shape index (κ3) is 6.40. The Balaban J connectivity index is 1.42. The van der Waals surface area contributed by atoms with E-state index in [9.17, 15) is 9.18 Å². The summed E-state index contributed by atoms with van der Waals surface area (Å²) in [7, 11) is 0. The van der Waals surface area contributed by atoms with E-state index in [1.807, 2.05) is 23.6 Å². The van der Waals surface area contributed by atoms with Gasteiger partial charge in [0.25, 0.3) is 5.91 Å². The summed E-state index contributed by atoms with van der Waals surface area (Å²) in [6, 6.07) is 12.1. The monoisotopic (exact) mass is 483 g/mol. The summed E-state index contributed by atoms with van der Waals surface area (Å²) < 4.78 is 25.7. The molecule has 1 amide bonds. The maximum Gasteiger partial charge on any atom is 0.257 e. The molecule has 1 fully saturated rings. The number of ether oxygens (including phenoxy) is 2. The van der Waals surface area contributed by atoms with Crippen molar-refractivity contribution >= 4 is 17.2 Å². The van der Waals surface area contributed by atoms with Crippen LogP contribution in [-0.4, -0.2) is 60.1 Å². The van der Waals surface area contributed by atoms with Crippen LogP contribution in [0.25, 0.3) is 0 Å². The van der Waals surface area contributed by atoms with E-state index in [-0.39, 0.29) is 11.5 Å². The minimum Gasteiger partial charge on any atom is -0.486 e. The van der Waals surface area contributed by atoms with Crippen LogP contribution in [0, 0.1) is 19.7 Å². The molecule has 1 aliphatic rings. The number of rotatable bonds is 9. The molecule has 1 saturated heterocycles. The zero-order valence-electron chi connectivity index (χ0n) is 19.6. The Morgan fingerprint density at radius 2 is 1.97 bits per heavy atom. The molecule has 3 aromatic rings. The second-order valence-electron chi connectivity index (χ2n) is 8.43. The van der Waals surface area contributed by atoms with E-state index in [4.69, 9.17) is 9.47 Å². The Morgan fingerprint density at radius 1 is 1.18 bits per heavy atom. The summed E-state index contributed by atoms with van der Waals surface area (Å²) in [6.07, 6.45) is 0. The van der Waals surface area contributed by atoms with Gasteiger partial charge >= 0.3 is 0 Å². The Labute approximate surface area is 203 Å². The van der Waals surface area contributed by atoms with Crippen LogP contribution in [0.5, 0.6) is 5.75 Å². The molecule has 0 spiro atoms. The van der Waals surface area contributed by atoms with Crippen LogP contribution in [0.15, 0.2) is 47.8 Å². The molecule has 0 atom stereocenters. The summed E-state index contributed by atoms with van der Waals surface area (Å²) in [5.74, 6) is -0.0290. The maximum atomic E-state index is 14.3. The minimum absolute atomic E-state index is 0.0815. The first-order valence-electron chi connectivity index (χ1n) is 11.5. The van der Waals surface area contributed by atoms with Crippen molar-refractivity contribution in [1.29, 1.82) is 0 Å². The van der Waals surface area contributed by atoms with Crippen LogP contribution >= 0.6 is 11.3 Å². The predicted molar refractivity (Wildman–Crippen MR) is 131 cm³/mol. The molecule has 2 heterocycles. The minimum atomic E-state index is -0.510. The zero-order chi connectivity index (χ0) is 23.9. The SMILES string of the molecule is Cc1ccc(OCc2nc(CN(CCN3CCOCC3)C(=O)c3ccccc3F)cs2)cc1C. The molecule has 0 bridgehead atoms. The van der Waals surface area contributed by atoms with Gasteiger partial charge in [0.1, 0.15) is 23.2 Å². The van der Waals surface area contributed by atoms with Gasteiger partial charge in [-0.3, -0.25) is 9.69 Å². The molecule has 0 unspecified atom stereocenters. The van der Waals surface area contributed by atoms with E-state index < -0.39 is 5.82 Å². The highest BCUT2D eigenvalue weighted by Gasteiger charge is 2.22. The van der Waals surface area contributed by atoms with E-state index in [1.165, 1.54) is 34.6 Å². The number of benzene rings is 2. The van der Waals surface area contributed by atoms with Gasteiger partial charge in [0, 0.05) is 31.6 Å². The summed E-state index contributed by atoms with van der Waals surface area (Å²) in [6.45, 7) is 9.04. The van der Waals surface area contributed by atoms with Gasteiger partial charge in [-0.2, -0.15) is 0 Å². The molecule has 180 valence electrons. The number of nitrogens with zero attached hydrogens (tertiary/aromatic N) is 3. The lowest BCUT2D eigenvalue weighted by Crippen LogP contribution is -2.43. The van der Waals surface area contributed by atoms with Gasteiger partial charge < -0.3 is 14.4 Å². The van der Waals surface area contributed by atoms with Gasteiger partial charge in [0.2, 0.25) is 0 Å². The quantitative estimate of drug-likeness (QED) is 0.450. The molecule has 1 aliphatic heterocycles. The second-order valence-corrected chi connectivity index (χ2v) is 9.37. The molecule has 0 radical (unpaired) electrons. The van der Waals surface area contributed by atoms with Gasteiger partial charge in [0.15, 0.2) is 0 Å². The Kier molecular flexibility index (Phi) is 8.26. The van der Waals surface area contributed by atoms with E-state index in [1.54, 1.807) is 17.0 Å². The van der Waals surface area contributed by atoms with E-state index in [0.29, 0.717) is 39.5 Å². The molecular formula is C26H30FN3O3S. The fraction of sp³-hybridized carbons (Fsp3) is 0.385. The third-order valence-corrected chi connectivity index (χ3v) is 6.85. The fourth-order valence-electron chi connectivity index (χ4n) is 3.78. The van der Waals surface area contributed by atoms with Gasteiger partial charge in [0.05, 0.1) is 31.0 Å². The maximum absolute atomic E-state index is 14.3. The number of hydrogen-bond donors (Lipinski definition) is 0. The average molecular weight is 484 g/mol. The van der Waals surface area contributed by atoms with Crippen molar-refractivity contribution < 1.29 is 18.7 Å². The van der Waals surface area contributed by atoms with Gasteiger partial charge in [-0.05, 0) is 49.2 Å². The van der Waals surface area contributed by atoms with Crippen molar-refractivity contribution in [2.24, 2.45) is 0 Å². The number of morpholine rings is 1. The number of carbonyl (C=O) groups is 1. The summed E-state index contributed by atoms with van der Waals surface area (Å²) in [4.78, 5) is 21.8. The van der Waals surface area contributed by atoms with Crippen molar-refractivity contribution in [3.8, 4) is 5.75 Å². The summed E-state index contributed by atoms with van der Waals surface area (Å²) in [5.41, 5.74) is 3.26. The second kappa shape index (κ2) is 11.6. The van der Waals surface area contributed by atoms with Crippen molar-refractivity contribution in [1.82, 2.24) is 14.8 Å². The van der Waals surface area contributed by atoms with Crippen LogP contribution in [0.4, 0.5) is 4.39 Å². The van der Waals surface area contributed by atoms with Gasteiger partial charge in [-0.15, -0.1) is 11.3 Å². The number of aryl methyl sites for hydroxylation is 2. The van der Waals surface area contributed by atoms with Crippen LogP contribution in [0.1, 0.15) is 32.2 Å². The number of aromatic nitrogens is 1. The molecule has 6 nitrogen and oxygen atoms in total. The number of halogens is 1. The van der Waals surface area contributed by atoms with Crippen LogP contribution in [-0.2, 0) is 17.9 Å². The summed E-state index contributed by atoms with van der Waals surface area (Å²) in [5, 5.41) is 2.77. The average Bonchev–Trinajstić information content (AvgIpc) is 3.30. The Bertz CT molecular complexity index is 1110. The van der Waals surface area contributed by atoms with Crippen molar-refractivity contribution in [2.75, 3.05) is 39.4 Å². The van der Waals surface area contributed by atoms with Crippen molar-refractivity contribution in [3.63, 3.8) is 0 Å². The van der Waals surface area contributed by atoms with Gasteiger partial charge in [-0.25, -0.2) is 9.37 Å². The normalized spacial score (nSPS) is 14.2. The lowest BCUT2D eigenvalue weighted by Gasteiger charge is -2.30. The fourth-order valence-corrected chi connectivity index (χ4v) is 4.47. The van der Waals surface area contributed by atoms with Crippen molar-refractivity contribution in [3.05, 3.63) is 81.1 Å². The lowest BCUT2D eigenvalue weighted by atomic mass is 10.1. The smallest absolute Gasteiger partial charge is 0.257 e. The van der Waals surface area contributed by atoms with Gasteiger partial charge in [-0.1, -0.05) is 18.2 Å². The highest BCUT2D eigenvalue weighted by molar-refractivity contribution is 7.09. The standard InChI is InChI=1S/C26H30FN3O3S/c1-19-7-8-22(15-20(19)2)33-17-25-28-21(18-34-25)16-30(10-9-29-11-13-32-14-12-29)26(31)23-5-3-4-6-24(23)27/h3-8,15,18H,9-14,16-17H2,1-2H3. The highest BCUT2D eigenvalue weighted by Crippen LogP contribution is 2.20. The summed E-state index contributed by atoms with van der Waals surface area (Å²) >= 11 is 1.50. The number of carbonyl (C=O) groups excluding carboxylic acids is 1. The van der Waals surface area contributed by atoms with Crippen LogP contribution < -0.4 is 4.74 Å². The molecular weight excluding hydrogens is 453 g/mol. The number of amides is 1. The Hall–Kier alpha value is -2.81. The first-order valence-corrected chi connectivity index (χ1v) is 12.3. The predicted octanol–water partition coefficient (Wildman–Crippen LogP) is 4.45. The molecule has 4 rings (SSSR count). The van der Waals surface area contributed by atoms with E-state index in [2.05, 4.69) is 23.7 Å². The zero-order valence-corrected chi connectivity index (χ0v) is 20.4. The third-order valence-electron chi connectivity index (χ3n) is 5.97. The lowest BCUT2D eigenvalue weighted by molar-refractivity contribution is 0.0319. The molecule has 2 aromatic carbocycles. The largest absolute Gasteiger partial charge is 0.486 e. The molecule has 1 aromatic heterocycles. The molecule has 0 N–H and O–H groups in total. The van der Waals surface area contributed by atoms with E-state index in [0.717, 1.165) is 29.5 Å².